The lowest BCUT2D eigenvalue weighted by atomic mass is 9.95. The summed E-state index contributed by atoms with van der Waals surface area (Å²) < 4.78 is 11.0. The third kappa shape index (κ3) is 1.84. The van der Waals surface area contributed by atoms with Gasteiger partial charge in [0, 0.05) is 13.2 Å². The Balaban J connectivity index is 1.89. The van der Waals surface area contributed by atoms with Crippen molar-refractivity contribution in [2.45, 2.75) is 18.9 Å². The number of hydrogen-bond donors (Lipinski definition) is 0. The monoisotopic (exact) mass is 268 g/mol. The third-order valence-corrected chi connectivity index (χ3v) is 4.59. The first kappa shape index (κ1) is 12.1. The second-order valence-corrected chi connectivity index (χ2v) is 5.66. The lowest BCUT2D eigenvalue weighted by Gasteiger charge is -2.43. The molecule has 18 heavy (non-hydrogen) atoms. The summed E-state index contributed by atoms with van der Waals surface area (Å²) in [5.41, 5.74) is 2.28. The molecule has 98 valence electrons. The van der Waals surface area contributed by atoms with Crippen molar-refractivity contribution in [3.63, 3.8) is 0 Å². The smallest absolute Gasteiger partial charge is 0.266 e. The Morgan fingerprint density at radius 3 is 2.89 bits per heavy atom. The fourth-order valence-electron chi connectivity index (χ4n) is 2.60. The van der Waals surface area contributed by atoms with E-state index in [-0.39, 0.29) is 11.4 Å². The van der Waals surface area contributed by atoms with Crippen molar-refractivity contribution in [2.75, 3.05) is 33.0 Å². The fraction of sp³-hybridized carbons (Fsp3) is 0.667. The van der Waals surface area contributed by atoms with Gasteiger partial charge in [0.2, 0.25) is 0 Å². The van der Waals surface area contributed by atoms with Gasteiger partial charge in [0.05, 0.1) is 36.6 Å². The summed E-state index contributed by atoms with van der Waals surface area (Å²) in [5, 5.41) is 0. The molecule has 2 saturated heterocycles. The molecule has 2 aliphatic rings. The van der Waals surface area contributed by atoms with Gasteiger partial charge in [0.1, 0.15) is 4.88 Å². The highest BCUT2D eigenvalue weighted by Crippen LogP contribution is 2.31. The van der Waals surface area contributed by atoms with Crippen LogP contribution in [0.1, 0.15) is 21.8 Å². The first-order valence-electron chi connectivity index (χ1n) is 6.10. The molecule has 2 fully saturated rings. The summed E-state index contributed by atoms with van der Waals surface area (Å²) in [4.78, 5) is 19.5. The van der Waals surface area contributed by atoms with Crippen molar-refractivity contribution in [1.29, 1.82) is 0 Å². The Kier molecular flexibility index (Phi) is 3.09. The van der Waals surface area contributed by atoms with Gasteiger partial charge >= 0.3 is 0 Å². The molecule has 1 aromatic rings. The van der Waals surface area contributed by atoms with Crippen molar-refractivity contribution >= 4 is 17.2 Å². The van der Waals surface area contributed by atoms with Crippen LogP contribution in [0.3, 0.4) is 0 Å². The molecule has 1 aromatic heterocycles. The van der Waals surface area contributed by atoms with E-state index >= 15 is 0 Å². The zero-order valence-electron chi connectivity index (χ0n) is 10.3. The highest BCUT2D eigenvalue weighted by molar-refractivity contribution is 7.11. The third-order valence-electron chi connectivity index (χ3n) is 3.67. The van der Waals surface area contributed by atoms with E-state index in [4.69, 9.17) is 9.47 Å². The number of carbonyl (C=O) groups is 1. The summed E-state index contributed by atoms with van der Waals surface area (Å²) in [6, 6.07) is 0. The van der Waals surface area contributed by atoms with E-state index in [1.807, 2.05) is 11.8 Å². The van der Waals surface area contributed by atoms with E-state index in [0.29, 0.717) is 33.0 Å². The standard InChI is InChI=1S/C12H16N2O3S/c1-9-10(18-8-13-9)11(15)14-3-5-17-7-12(14)2-4-16-6-12/h8H,2-7H2,1H3/t12-/m1/s1. The van der Waals surface area contributed by atoms with E-state index in [2.05, 4.69) is 4.98 Å². The van der Waals surface area contributed by atoms with Crippen LogP contribution in [-0.4, -0.2) is 54.3 Å². The average Bonchev–Trinajstić information content (AvgIpc) is 2.99. The van der Waals surface area contributed by atoms with Crippen LogP contribution >= 0.6 is 11.3 Å². The number of ether oxygens (including phenoxy) is 2. The van der Waals surface area contributed by atoms with Crippen molar-refractivity contribution in [3.05, 3.63) is 16.1 Å². The molecular formula is C12H16N2O3S. The second-order valence-electron chi connectivity index (χ2n) is 4.80. The largest absolute Gasteiger partial charge is 0.379 e. The number of nitrogens with zero attached hydrogens (tertiary/aromatic N) is 2. The molecule has 0 aromatic carbocycles. The molecule has 1 atom stereocenters. The molecule has 3 heterocycles. The lowest BCUT2D eigenvalue weighted by molar-refractivity contribution is -0.0549. The number of thiazole rings is 1. The minimum atomic E-state index is -0.258. The molecule has 0 radical (unpaired) electrons. The van der Waals surface area contributed by atoms with E-state index in [1.165, 1.54) is 11.3 Å². The minimum absolute atomic E-state index is 0.0730. The van der Waals surface area contributed by atoms with Gasteiger partial charge in [-0.3, -0.25) is 4.79 Å². The van der Waals surface area contributed by atoms with Crippen LogP contribution in [-0.2, 0) is 9.47 Å². The van der Waals surface area contributed by atoms with Crippen molar-refractivity contribution < 1.29 is 14.3 Å². The van der Waals surface area contributed by atoms with Crippen LogP contribution < -0.4 is 0 Å². The molecule has 2 aliphatic heterocycles. The van der Waals surface area contributed by atoms with Gasteiger partial charge in [0.15, 0.2) is 0 Å². The molecule has 3 rings (SSSR count). The number of carbonyl (C=O) groups excluding carboxylic acids is 1. The minimum Gasteiger partial charge on any atom is -0.379 e. The first-order valence-corrected chi connectivity index (χ1v) is 6.98. The molecule has 0 N–H and O–H groups in total. The van der Waals surface area contributed by atoms with Gasteiger partial charge < -0.3 is 14.4 Å². The Morgan fingerprint density at radius 1 is 1.44 bits per heavy atom. The Bertz CT molecular complexity index is 454. The van der Waals surface area contributed by atoms with Crippen LogP contribution in [0.5, 0.6) is 0 Å². The summed E-state index contributed by atoms with van der Waals surface area (Å²) in [6.07, 6.45) is 0.858. The molecule has 0 aliphatic carbocycles. The maximum atomic E-state index is 12.6. The second kappa shape index (κ2) is 4.60. The molecule has 0 saturated carbocycles. The van der Waals surface area contributed by atoms with Crippen LogP contribution in [0.15, 0.2) is 5.51 Å². The maximum Gasteiger partial charge on any atom is 0.266 e. The van der Waals surface area contributed by atoms with Crippen molar-refractivity contribution in [1.82, 2.24) is 9.88 Å². The summed E-state index contributed by atoms with van der Waals surface area (Å²) in [7, 11) is 0. The molecule has 0 bridgehead atoms. The average molecular weight is 268 g/mol. The number of rotatable bonds is 1. The molecule has 6 heteroatoms. The molecule has 0 unspecified atom stereocenters. The molecule has 1 spiro atoms. The molecular weight excluding hydrogens is 252 g/mol. The number of hydrogen-bond acceptors (Lipinski definition) is 5. The molecule has 1 amide bonds. The highest BCUT2D eigenvalue weighted by Gasteiger charge is 2.46. The van der Waals surface area contributed by atoms with Crippen LogP contribution in [0.4, 0.5) is 0 Å². The van der Waals surface area contributed by atoms with E-state index < -0.39 is 0 Å². The summed E-state index contributed by atoms with van der Waals surface area (Å²) in [6.45, 7) is 4.98. The van der Waals surface area contributed by atoms with Gasteiger partial charge in [-0.15, -0.1) is 11.3 Å². The van der Waals surface area contributed by atoms with Crippen LogP contribution in [0.2, 0.25) is 0 Å². The SMILES string of the molecule is Cc1ncsc1C(=O)N1CCOC[C@]12CCOC2. The Labute approximate surface area is 110 Å². The van der Waals surface area contributed by atoms with Crippen molar-refractivity contribution in [2.24, 2.45) is 0 Å². The van der Waals surface area contributed by atoms with Gasteiger partial charge in [-0.25, -0.2) is 4.98 Å². The fourth-order valence-corrected chi connectivity index (χ4v) is 3.35. The van der Waals surface area contributed by atoms with Crippen LogP contribution in [0, 0.1) is 6.92 Å². The number of aromatic nitrogens is 1. The van der Waals surface area contributed by atoms with Gasteiger partial charge in [-0.1, -0.05) is 0 Å². The zero-order valence-corrected chi connectivity index (χ0v) is 11.2. The van der Waals surface area contributed by atoms with E-state index in [9.17, 15) is 4.79 Å². The Hall–Kier alpha value is -0.980. The quantitative estimate of drug-likeness (QED) is 0.765. The Morgan fingerprint density at radius 2 is 2.22 bits per heavy atom. The molecule has 5 nitrogen and oxygen atoms in total. The lowest BCUT2D eigenvalue weighted by Crippen LogP contribution is -2.59. The number of aryl methyl sites for hydroxylation is 1. The first-order chi connectivity index (χ1) is 8.73. The van der Waals surface area contributed by atoms with E-state index in [1.54, 1.807) is 5.51 Å². The normalized spacial score (nSPS) is 27.9. The summed E-state index contributed by atoms with van der Waals surface area (Å²) in [5.74, 6) is 0.0730. The highest BCUT2D eigenvalue weighted by atomic mass is 32.1. The predicted octanol–water partition coefficient (Wildman–Crippen LogP) is 1.08. The number of amides is 1. The van der Waals surface area contributed by atoms with E-state index in [0.717, 1.165) is 17.0 Å². The van der Waals surface area contributed by atoms with Gasteiger partial charge in [0.25, 0.3) is 5.91 Å². The predicted molar refractivity (Wildman–Crippen MR) is 66.9 cm³/mol. The van der Waals surface area contributed by atoms with Crippen molar-refractivity contribution in [3.8, 4) is 0 Å². The van der Waals surface area contributed by atoms with Crippen LogP contribution in [0.25, 0.3) is 0 Å². The zero-order chi connectivity index (χ0) is 12.6. The number of morpholine rings is 1. The topological polar surface area (TPSA) is 51.7 Å². The summed E-state index contributed by atoms with van der Waals surface area (Å²) >= 11 is 1.41. The van der Waals surface area contributed by atoms with Gasteiger partial charge in [-0.05, 0) is 13.3 Å². The van der Waals surface area contributed by atoms with Gasteiger partial charge in [-0.2, -0.15) is 0 Å². The maximum absolute atomic E-state index is 12.6.